The first-order chi connectivity index (χ1) is 7.99. The van der Waals surface area contributed by atoms with E-state index in [0.717, 1.165) is 0 Å². The molecule has 0 saturated carbocycles. The molecule has 0 radical (unpaired) electrons. The minimum Gasteiger partial charge on any atom is -0.462 e. The van der Waals surface area contributed by atoms with Crippen molar-refractivity contribution in [3.05, 3.63) is 0 Å². The molecule has 0 N–H and O–H groups in total. The van der Waals surface area contributed by atoms with E-state index in [1.54, 1.807) is 0 Å². The third-order valence-electron chi connectivity index (χ3n) is 2.64. The summed E-state index contributed by atoms with van der Waals surface area (Å²) < 4.78 is 26.0. The molecule has 1 saturated heterocycles. The number of carbonyl (C=O) groups is 2. The summed E-state index contributed by atoms with van der Waals surface area (Å²) >= 11 is 0. The van der Waals surface area contributed by atoms with Crippen LogP contribution in [0.25, 0.3) is 0 Å². The summed E-state index contributed by atoms with van der Waals surface area (Å²) in [6.07, 6.45) is 1.33. The van der Waals surface area contributed by atoms with Crippen molar-refractivity contribution in [2.75, 3.05) is 20.4 Å². The fraction of sp³-hybridized carbons (Fsp3) is 0.800. The van der Waals surface area contributed by atoms with Gasteiger partial charge in [-0.3, -0.25) is 14.2 Å². The first-order valence-electron chi connectivity index (χ1n) is 5.41. The molecule has 0 amide bonds. The Kier molecular flexibility index (Phi) is 5.31. The van der Waals surface area contributed by atoms with Crippen LogP contribution in [-0.4, -0.2) is 38.2 Å². The molecule has 1 aliphatic rings. The molecule has 0 aromatic carbocycles. The van der Waals surface area contributed by atoms with Crippen LogP contribution in [0.3, 0.4) is 0 Å². The minimum absolute atomic E-state index is 0.184. The SMILES string of the molecule is COP(=O)(CC(=O)CCC1CCC(=O)O1)OC. The van der Waals surface area contributed by atoms with Gasteiger partial charge in [-0.1, -0.05) is 0 Å². The van der Waals surface area contributed by atoms with Gasteiger partial charge in [0.05, 0.1) is 0 Å². The van der Waals surface area contributed by atoms with E-state index >= 15 is 0 Å². The van der Waals surface area contributed by atoms with Gasteiger partial charge in [-0.2, -0.15) is 0 Å². The third kappa shape index (κ3) is 4.58. The van der Waals surface area contributed by atoms with Gasteiger partial charge in [-0.25, -0.2) is 0 Å². The van der Waals surface area contributed by atoms with Crippen LogP contribution in [0.4, 0.5) is 0 Å². The van der Waals surface area contributed by atoms with Crippen LogP contribution in [-0.2, 0) is 27.9 Å². The Morgan fingerprint density at radius 3 is 2.59 bits per heavy atom. The van der Waals surface area contributed by atoms with Crippen LogP contribution in [0.15, 0.2) is 0 Å². The summed E-state index contributed by atoms with van der Waals surface area (Å²) in [4.78, 5) is 22.4. The Morgan fingerprint density at radius 2 is 2.12 bits per heavy atom. The molecule has 1 aliphatic heterocycles. The van der Waals surface area contributed by atoms with E-state index in [-0.39, 0.29) is 30.4 Å². The van der Waals surface area contributed by atoms with Crippen molar-refractivity contribution in [3.8, 4) is 0 Å². The van der Waals surface area contributed by atoms with Crippen LogP contribution >= 0.6 is 7.60 Å². The van der Waals surface area contributed by atoms with Crippen LogP contribution in [0, 0.1) is 0 Å². The van der Waals surface area contributed by atoms with Gasteiger partial charge >= 0.3 is 13.6 Å². The zero-order valence-corrected chi connectivity index (χ0v) is 10.9. The van der Waals surface area contributed by atoms with E-state index in [4.69, 9.17) is 4.74 Å². The smallest absolute Gasteiger partial charge is 0.337 e. The molecule has 1 unspecified atom stereocenters. The van der Waals surface area contributed by atoms with Crippen molar-refractivity contribution >= 4 is 19.3 Å². The highest BCUT2D eigenvalue weighted by molar-refractivity contribution is 7.54. The zero-order chi connectivity index (χ0) is 12.9. The van der Waals surface area contributed by atoms with E-state index in [1.165, 1.54) is 14.2 Å². The number of esters is 1. The molecule has 0 aliphatic carbocycles. The zero-order valence-electron chi connectivity index (χ0n) is 10.0. The lowest BCUT2D eigenvalue weighted by molar-refractivity contribution is -0.142. The quantitative estimate of drug-likeness (QED) is 0.512. The maximum Gasteiger partial charge on any atom is 0.337 e. The van der Waals surface area contributed by atoms with Gasteiger partial charge in [-0.15, -0.1) is 0 Å². The van der Waals surface area contributed by atoms with Crippen molar-refractivity contribution in [1.82, 2.24) is 0 Å². The average Bonchev–Trinajstić information content (AvgIpc) is 2.72. The molecule has 1 heterocycles. The van der Waals surface area contributed by atoms with Crippen LogP contribution in [0.1, 0.15) is 25.7 Å². The number of ketones is 1. The molecular weight excluding hydrogens is 247 g/mol. The van der Waals surface area contributed by atoms with Crippen molar-refractivity contribution in [2.24, 2.45) is 0 Å². The van der Waals surface area contributed by atoms with Gasteiger partial charge in [0.1, 0.15) is 18.0 Å². The number of hydrogen-bond acceptors (Lipinski definition) is 6. The highest BCUT2D eigenvalue weighted by atomic mass is 31.2. The number of carbonyl (C=O) groups excluding carboxylic acids is 2. The lowest BCUT2D eigenvalue weighted by Gasteiger charge is -2.13. The molecule has 6 nitrogen and oxygen atoms in total. The fourth-order valence-corrected chi connectivity index (χ4v) is 2.60. The van der Waals surface area contributed by atoms with E-state index in [9.17, 15) is 14.2 Å². The molecule has 1 atom stereocenters. The molecule has 1 rings (SSSR count). The average molecular weight is 264 g/mol. The topological polar surface area (TPSA) is 78.9 Å². The Morgan fingerprint density at radius 1 is 1.47 bits per heavy atom. The molecule has 0 bridgehead atoms. The predicted molar refractivity (Wildman–Crippen MR) is 59.8 cm³/mol. The van der Waals surface area contributed by atoms with Crippen LogP contribution in [0.5, 0.6) is 0 Å². The highest BCUT2D eigenvalue weighted by Gasteiger charge is 2.27. The Bertz CT molecular complexity index is 332. The minimum atomic E-state index is -3.27. The van der Waals surface area contributed by atoms with Gasteiger partial charge in [-0.05, 0) is 12.8 Å². The molecule has 98 valence electrons. The number of hydrogen-bond donors (Lipinski definition) is 0. The predicted octanol–water partition coefficient (Wildman–Crippen LogP) is 1.53. The Hall–Kier alpha value is -0.710. The van der Waals surface area contributed by atoms with Gasteiger partial charge < -0.3 is 13.8 Å². The Balaban J connectivity index is 2.30. The van der Waals surface area contributed by atoms with Crippen molar-refractivity contribution in [3.63, 3.8) is 0 Å². The van der Waals surface area contributed by atoms with E-state index < -0.39 is 7.60 Å². The van der Waals surface area contributed by atoms with Crippen LogP contribution < -0.4 is 0 Å². The molecule has 17 heavy (non-hydrogen) atoms. The van der Waals surface area contributed by atoms with E-state index in [1.807, 2.05) is 0 Å². The monoisotopic (exact) mass is 264 g/mol. The number of rotatable bonds is 7. The third-order valence-corrected chi connectivity index (χ3v) is 4.49. The van der Waals surface area contributed by atoms with Gasteiger partial charge in [0.15, 0.2) is 0 Å². The summed E-state index contributed by atoms with van der Waals surface area (Å²) in [5.41, 5.74) is 0. The summed E-state index contributed by atoms with van der Waals surface area (Å²) in [7, 11) is -0.775. The second kappa shape index (κ2) is 6.28. The number of ether oxygens (including phenoxy) is 1. The molecule has 1 fully saturated rings. The second-order valence-corrected chi connectivity index (χ2v) is 6.13. The van der Waals surface area contributed by atoms with Gasteiger partial charge in [0, 0.05) is 27.1 Å². The fourth-order valence-electron chi connectivity index (χ4n) is 1.61. The lowest BCUT2D eigenvalue weighted by atomic mass is 10.1. The summed E-state index contributed by atoms with van der Waals surface area (Å²) in [5, 5.41) is 0. The molecule has 0 spiro atoms. The summed E-state index contributed by atoms with van der Waals surface area (Å²) in [6.45, 7) is 0. The number of Topliss-reactive ketones (excluding diaryl/α,β-unsaturated/α-hetero) is 1. The van der Waals surface area contributed by atoms with Gasteiger partial charge in [0.2, 0.25) is 0 Å². The highest BCUT2D eigenvalue weighted by Crippen LogP contribution is 2.46. The van der Waals surface area contributed by atoms with Crippen molar-refractivity contribution < 1.29 is 27.9 Å². The second-order valence-electron chi connectivity index (χ2n) is 3.86. The lowest BCUT2D eigenvalue weighted by Crippen LogP contribution is -2.13. The van der Waals surface area contributed by atoms with Crippen molar-refractivity contribution in [2.45, 2.75) is 31.8 Å². The molecule has 0 aromatic rings. The van der Waals surface area contributed by atoms with Crippen molar-refractivity contribution in [1.29, 1.82) is 0 Å². The Labute approximate surface area is 100 Å². The standard InChI is InChI=1S/C10H17O6P/c1-14-17(13,15-2)7-8(11)3-4-9-5-6-10(12)16-9/h9H,3-7H2,1-2H3. The first-order valence-corrected chi connectivity index (χ1v) is 7.13. The summed E-state index contributed by atoms with van der Waals surface area (Å²) in [6, 6.07) is 0. The first kappa shape index (κ1) is 14.4. The summed E-state index contributed by atoms with van der Waals surface area (Å²) in [5.74, 6) is -0.429. The molecule has 0 aromatic heterocycles. The maximum atomic E-state index is 11.7. The largest absolute Gasteiger partial charge is 0.462 e. The van der Waals surface area contributed by atoms with Crippen LogP contribution in [0.2, 0.25) is 0 Å². The van der Waals surface area contributed by atoms with Gasteiger partial charge in [0.25, 0.3) is 0 Å². The maximum absolute atomic E-state index is 11.7. The molecular formula is C10H17O6P. The normalized spacial score (nSPS) is 20.4. The number of cyclic esters (lactones) is 1. The van der Waals surface area contributed by atoms with E-state index in [0.29, 0.717) is 19.3 Å². The van der Waals surface area contributed by atoms with E-state index in [2.05, 4.69) is 9.05 Å². The molecule has 7 heteroatoms.